The second-order valence-corrected chi connectivity index (χ2v) is 7.09. The van der Waals surface area contributed by atoms with Gasteiger partial charge in [0.05, 0.1) is 0 Å². The third-order valence-electron chi connectivity index (χ3n) is 3.51. The zero-order chi connectivity index (χ0) is 13.7. The standard InChI is InChI=1S/C15H25NOS/c1-11(2)13(4)18(17)10-15(16-5)14-8-6-12(3)7-9-14/h6-9,11,13,15-16H,10H2,1-5H3. The summed E-state index contributed by atoms with van der Waals surface area (Å²) in [6, 6.07) is 8.62. The minimum atomic E-state index is -0.793. The minimum Gasteiger partial charge on any atom is -0.312 e. The molecule has 18 heavy (non-hydrogen) atoms. The summed E-state index contributed by atoms with van der Waals surface area (Å²) in [5.41, 5.74) is 2.47. The third-order valence-corrected chi connectivity index (χ3v) is 5.55. The number of nitrogens with one attached hydrogen (secondary N) is 1. The maximum absolute atomic E-state index is 12.3. The Morgan fingerprint density at radius 1 is 1.17 bits per heavy atom. The van der Waals surface area contributed by atoms with E-state index in [2.05, 4.69) is 57.3 Å². The molecule has 1 N–H and O–H groups in total. The highest BCUT2D eigenvalue weighted by Gasteiger charge is 2.19. The fraction of sp³-hybridized carbons (Fsp3) is 0.600. The van der Waals surface area contributed by atoms with Crippen molar-refractivity contribution in [3.05, 3.63) is 35.4 Å². The van der Waals surface area contributed by atoms with Crippen molar-refractivity contribution < 1.29 is 4.21 Å². The number of rotatable bonds is 6. The van der Waals surface area contributed by atoms with Crippen molar-refractivity contribution in [3.8, 4) is 0 Å². The van der Waals surface area contributed by atoms with Crippen LogP contribution in [0.1, 0.15) is 37.9 Å². The van der Waals surface area contributed by atoms with E-state index in [4.69, 9.17) is 0 Å². The Balaban J connectivity index is 2.73. The summed E-state index contributed by atoms with van der Waals surface area (Å²) in [7, 11) is 1.14. The lowest BCUT2D eigenvalue weighted by Gasteiger charge is -2.21. The van der Waals surface area contributed by atoms with E-state index in [1.54, 1.807) is 0 Å². The van der Waals surface area contributed by atoms with Crippen LogP contribution >= 0.6 is 0 Å². The van der Waals surface area contributed by atoms with Gasteiger partial charge in [-0.15, -0.1) is 0 Å². The van der Waals surface area contributed by atoms with Gasteiger partial charge in [0.25, 0.3) is 0 Å². The summed E-state index contributed by atoms with van der Waals surface area (Å²) >= 11 is 0. The molecule has 0 saturated heterocycles. The molecule has 0 amide bonds. The molecule has 0 radical (unpaired) electrons. The molecule has 0 bridgehead atoms. The van der Waals surface area contributed by atoms with Gasteiger partial charge >= 0.3 is 0 Å². The summed E-state index contributed by atoms with van der Waals surface area (Å²) in [4.78, 5) is 0. The SMILES string of the molecule is CNC(CS(=O)C(C)C(C)C)c1ccc(C)cc1. The molecule has 0 spiro atoms. The molecule has 1 rings (SSSR count). The Morgan fingerprint density at radius 2 is 1.72 bits per heavy atom. The first-order chi connectivity index (χ1) is 8.45. The van der Waals surface area contributed by atoms with Crippen molar-refractivity contribution in [2.75, 3.05) is 12.8 Å². The Morgan fingerprint density at radius 3 is 2.17 bits per heavy atom. The van der Waals surface area contributed by atoms with Gasteiger partial charge in [0.1, 0.15) is 0 Å². The van der Waals surface area contributed by atoms with Gasteiger partial charge in [-0.25, -0.2) is 0 Å². The molecule has 0 aliphatic carbocycles. The molecule has 0 heterocycles. The fourth-order valence-corrected chi connectivity index (χ4v) is 3.36. The van der Waals surface area contributed by atoms with Crippen molar-refractivity contribution in [3.63, 3.8) is 0 Å². The molecule has 3 heteroatoms. The number of hydrogen-bond acceptors (Lipinski definition) is 2. The third kappa shape index (κ3) is 4.21. The second kappa shape index (κ2) is 7.05. The maximum atomic E-state index is 12.3. The molecular weight excluding hydrogens is 242 g/mol. The molecule has 0 aliphatic rings. The zero-order valence-corrected chi connectivity index (χ0v) is 12.9. The van der Waals surface area contributed by atoms with Crippen LogP contribution in [0.4, 0.5) is 0 Å². The number of hydrogen-bond donors (Lipinski definition) is 1. The lowest BCUT2D eigenvalue weighted by molar-refractivity contribution is 0.589. The van der Waals surface area contributed by atoms with E-state index in [1.165, 1.54) is 11.1 Å². The van der Waals surface area contributed by atoms with Crippen LogP contribution in [-0.2, 0) is 10.8 Å². The van der Waals surface area contributed by atoms with Crippen LogP contribution < -0.4 is 5.32 Å². The lowest BCUT2D eigenvalue weighted by atomic mass is 10.1. The fourth-order valence-electron chi connectivity index (χ4n) is 1.76. The average Bonchev–Trinajstić information content (AvgIpc) is 2.35. The van der Waals surface area contributed by atoms with Gasteiger partial charge in [-0.3, -0.25) is 4.21 Å². The van der Waals surface area contributed by atoms with Crippen LogP contribution in [0.15, 0.2) is 24.3 Å². The van der Waals surface area contributed by atoms with Crippen LogP contribution in [0.5, 0.6) is 0 Å². The Kier molecular flexibility index (Phi) is 6.03. The molecule has 2 nitrogen and oxygen atoms in total. The highest BCUT2D eigenvalue weighted by atomic mass is 32.2. The Labute approximate surface area is 114 Å². The van der Waals surface area contributed by atoms with Crippen molar-refractivity contribution >= 4 is 10.8 Å². The van der Waals surface area contributed by atoms with Crippen molar-refractivity contribution in [1.29, 1.82) is 0 Å². The predicted molar refractivity (Wildman–Crippen MR) is 80.3 cm³/mol. The normalized spacial score (nSPS) is 16.6. The molecule has 0 aliphatic heterocycles. The van der Waals surface area contributed by atoms with Crippen LogP contribution in [0.3, 0.4) is 0 Å². The van der Waals surface area contributed by atoms with Gasteiger partial charge in [0.15, 0.2) is 0 Å². The van der Waals surface area contributed by atoms with Gasteiger partial charge in [0.2, 0.25) is 0 Å². The van der Waals surface area contributed by atoms with Crippen molar-refractivity contribution in [2.45, 2.75) is 39.0 Å². The molecule has 0 aromatic heterocycles. The molecule has 0 saturated carbocycles. The van der Waals surface area contributed by atoms with Crippen molar-refractivity contribution in [1.82, 2.24) is 5.32 Å². The van der Waals surface area contributed by atoms with E-state index < -0.39 is 10.8 Å². The van der Waals surface area contributed by atoms with E-state index in [1.807, 2.05) is 7.05 Å². The first-order valence-electron chi connectivity index (χ1n) is 6.56. The highest BCUT2D eigenvalue weighted by molar-refractivity contribution is 7.85. The zero-order valence-electron chi connectivity index (χ0n) is 12.1. The first-order valence-corrected chi connectivity index (χ1v) is 7.95. The quantitative estimate of drug-likeness (QED) is 0.858. The summed E-state index contributed by atoms with van der Waals surface area (Å²) in [5, 5.41) is 3.51. The van der Waals surface area contributed by atoms with Gasteiger partial charge in [-0.05, 0) is 25.5 Å². The molecule has 0 fully saturated rings. The highest BCUT2D eigenvalue weighted by Crippen LogP contribution is 2.18. The van der Waals surface area contributed by atoms with E-state index in [0.717, 1.165) is 0 Å². The maximum Gasteiger partial charge on any atom is 0.0434 e. The van der Waals surface area contributed by atoms with Crippen molar-refractivity contribution in [2.24, 2.45) is 5.92 Å². The van der Waals surface area contributed by atoms with Gasteiger partial charge in [-0.1, -0.05) is 50.6 Å². The van der Waals surface area contributed by atoms with E-state index >= 15 is 0 Å². The van der Waals surface area contributed by atoms with Gasteiger partial charge in [-0.2, -0.15) is 0 Å². The van der Waals surface area contributed by atoms with Crippen LogP contribution in [0.2, 0.25) is 0 Å². The molecule has 1 aromatic rings. The van der Waals surface area contributed by atoms with E-state index in [0.29, 0.717) is 11.7 Å². The Bertz CT molecular complexity index is 386. The Hall–Kier alpha value is -0.670. The molecule has 3 unspecified atom stereocenters. The van der Waals surface area contributed by atoms with Crippen LogP contribution in [-0.4, -0.2) is 22.3 Å². The average molecular weight is 267 g/mol. The summed E-state index contributed by atoms with van der Waals surface area (Å²) < 4.78 is 12.3. The minimum absolute atomic E-state index is 0.174. The topological polar surface area (TPSA) is 29.1 Å². The lowest BCUT2D eigenvalue weighted by Crippen LogP contribution is -2.28. The monoisotopic (exact) mass is 267 g/mol. The molecule has 3 atom stereocenters. The van der Waals surface area contributed by atoms with Crippen LogP contribution in [0.25, 0.3) is 0 Å². The van der Waals surface area contributed by atoms with E-state index in [-0.39, 0.29) is 11.3 Å². The summed E-state index contributed by atoms with van der Waals surface area (Å²) in [5.74, 6) is 1.14. The van der Waals surface area contributed by atoms with E-state index in [9.17, 15) is 4.21 Å². The number of benzene rings is 1. The second-order valence-electron chi connectivity index (χ2n) is 5.25. The molecule has 1 aromatic carbocycles. The van der Waals surface area contributed by atoms with Gasteiger partial charge < -0.3 is 5.32 Å². The summed E-state index contributed by atoms with van der Waals surface area (Å²) in [6.07, 6.45) is 0. The van der Waals surface area contributed by atoms with Crippen LogP contribution in [0, 0.1) is 12.8 Å². The summed E-state index contributed by atoms with van der Waals surface area (Å²) in [6.45, 7) is 8.41. The molecule has 102 valence electrons. The number of aryl methyl sites for hydroxylation is 1. The first kappa shape index (κ1) is 15.4. The smallest absolute Gasteiger partial charge is 0.0434 e. The molecular formula is C15H25NOS. The predicted octanol–water partition coefficient (Wildman–Crippen LogP) is 3.05. The van der Waals surface area contributed by atoms with Gasteiger partial charge in [0, 0.05) is 27.8 Å². The largest absolute Gasteiger partial charge is 0.312 e.